The zero-order valence-electron chi connectivity index (χ0n) is 16.1. The number of phosphoric ester groups is 1. The van der Waals surface area contributed by atoms with E-state index in [2.05, 4.69) is 9.51 Å². The Hall–Kier alpha value is -1.35. The maximum absolute atomic E-state index is 13.7. The number of aryl methyl sites for hydroxylation is 1. The standard InChI is InChI=1S/C17H26FN2O6P/c1-11(2)24-8-16(13(4)26-27(21,22)23-5)25-10-20-9-19-17-12(3)6-14(18)7-15(17)20/h6-7,9,11,13,16H,8,10H2,1-5H3,(H,21,22)/t13-,16+/m0/s1. The molecule has 0 fully saturated rings. The van der Waals surface area contributed by atoms with Crippen molar-refractivity contribution in [1.82, 2.24) is 9.55 Å². The Balaban J connectivity index is 2.14. The van der Waals surface area contributed by atoms with E-state index >= 15 is 0 Å². The van der Waals surface area contributed by atoms with Crippen molar-refractivity contribution in [3.63, 3.8) is 0 Å². The predicted molar refractivity (Wildman–Crippen MR) is 97.8 cm³/mol. The molecule has 0 saturated carbocycles. The molecule has 0 aliphatic rings. The van der Waals surface area contributed by atoms with Gasteiger partial charge >= 0.3 is 7.82 Å². The van der Waals surface area contributed by atoms with Crippen LogP contribution in [-0.2, 0) is 29.8 Å². The van der Waals surface area contributed by atoms with Gasteiger partial charge in [0, 0.05) is 7.11 Å². The van der Waals surface area contributed by atoms with E-state index in [0.717, 1.165) is 12.7 Å². The molecule has 27 heavy (non-hydrogen) atoms. The van der Waals surface area contributed by atoms with Crippen molar-refractivity contribution in [2.75, 3.05) is 13.7 Å². The monoisotopic (exact) mass is 404 g/mol. The maximum atomic E-state index is 13.7. The molecule has 2 aromatic rings. The fraction of sp³-hybridized carbons (Fsp3) is 0.588. The number of imidazole rings is 1. The van der Waals surface area contributed by atoms with Crippen molar-refractivity contribution < 1.29 is 32.4 Å². The third-order valence-electron chi connectivity index (χ3n) is 3.96. The quantitative estimate of drug-likeness (QED) is 0.607. The lowest BCUT2D eigenvalue weighted by molar-refractivity contribution is -0.102. The summed E-state index contributed by atoms with van der Waals surface area (Å²) in [6.07, 6.45) is 0.0510. The van der Waals surface area contributed by atoms with E-state index in [1.165, 1.54) is 12.1 Å². The first kappa shape index (κ1) is 21.9. The van der Waals surface area contributed by atoms with Crippen molar-refractivity contribution in [3.8, 4) is 0 Å². The molecule has 0 bridgehead atoms. The molecule has 0 saturated heterocycles. The first-order chi connectivity index (χ1) is 12.6. The van der Waals surface area contributed by atoms with Gasteiger partial charge in [0.2, 0.25) is 0 Å². The van der Waals surface area contributed by atoms with Crippen molar-refractivity contribution >= 4 is 18.9 Å². The normalized spacial score (nSPS) is 16.6. The van der Waals surface area contributed by atoms with Crippen LogP contribution >= 0.6 is 7.82 Å². The molecule has 10 heteroatoms. The van der Waals surface area contributed by atoms with Gasteiger partial charge < -0.3 is 18.9 Å². The third kappa shape index (κ3) is 6.07. The Labute approximate surface area is 157 Å². The average molecular weight is 404 g/mol. The molecule has 1 heterocycles. The highest BCUT2D eigenvalue weighted by Gasteiger charge is 2.29. The molecule has 1 N–H and O–H groups in total. The number of benzene rings is 1. The van der Waals surface area contributed by atoms with E-state index < -0.39 is 20.0 Å². The summed E-state index contributed by atoms with van der Waals surface area (Å²) >= 11 is 0. The molecule has 2 rings (SSSR count). The molecule has 0 aliphatic heterocycles. The second-order valence-electron chi connectivity index (χ2n) is 6.48. The highest BCUT2D eigenvalue weighted by Crippen LogP contribution is 2.44. The molecular weight excluding hydrogens is 378 g/mol. The minimum absolute atomic E-state index is 0.0436. The van der Waals surface area contributed by atoms with Crippen LogP contribution in [0.3, 0.4) is 0 Å². The molecule has 0 amide bonds. The van der Waals surface area contributed by atoms with E-state index in [1.54, 1.807) is 24.7 Å². The topological polar surface area (TPSA) is 92.0 Å². The van der Waals surface area contributed by atoms with Crippen LogP contribution in [0.4, 0.5) is 4.39 Å². The second kappa shape index (κ2) is 9.23. The molecule has 1 aromatic heterocycles. The number of hydrogen-bond donors (Lipinski definition) is 1. The number of phosphoric acid groups is 1. The Morgan fingerprint density at radius 3 is 2.63 bits per heavy atom. The second-order valence-corrected chi connectivity index (χ2v) is 8.00. The lowest BCUT2D eigenvalue weighted by Gasteiger charge is -2.26. The summed E-state index contributed by atoms with van der Waals surface area (Å²) in [5, 5.41) is 0. The summed E-state index contributed by atoms with van der Waals surface area (Å²) < 4.78 is 48.0. The van der Waals surface area contributed by atoms with Crippen LogP contribution < -0.4 is 0 Å². The van der Waals surface area contributed by atoms with Crippen LogP contribution in [-0.4, -0.2) is 46.5 Å². The smallest absolute Gasteiger partial charge is 0.376 e. The summed E-state index contributed by atoms with van der Waals surface area (Å²) in [5.41, 5.74) is 1.99. The molecule has 1 aromatic carbocycles. The molecule has 8 nitrogen and oxygen atoms in total. The molecule has 3 atom stereocenters. The highest BCUT2D eigenvalue weighted by molar-refractivity contribution is 7.47. The number of rotatable bonds is 10. The predicted octanol–water partition coefficient (Wildman–Crippen LogP) is 3.40. The summed E-state index contributed by atoms with van der Waals surface area (Å²) in [7, 11) is -3.09. The van der Waals surface area contributed by atoms with E-state index in [-0.39, 0.29) is 25.3 Å². The van der Waals surface area contributed by atoms with E-state index in [4.69, 9.17) is 14.0 Å². The molecular formula is C17H26FN2O6P. The SMILES string of the molecule is COP(=O)(O)O[C@@H](C)[C@@H](COC(C)C)OCn1cnc2c(C)cc(F)cc21. The molecule has 152 valence electrons. The molecule has 1 unspecified atom stereocenters. The van der Waals surface area contributed by atoms with Crippen LogP contribution in [0.2, 0.25) is 0 Å². The lowest BCUT2D eigenvalue weighted by Crippen LogP contribution is -2.34. The van der Waals surface area contributed by atoms with Crippen molar-refractivity contribution in [2.45, 2.75) is 52.7 Å². The summed E-state index contributed by atoms with van der Waals surface area (Å²) in [4.78, 5) is 13.8. The number of fused-ring (bicyclic) bond motifs is 1. The van der Waals surface area contributed by atoms with Crippen LogP contribution in [0.1, 0.15) is 26.3 Å². The highest BCUT2D eigenvalue weighted by atomic mass is 31.2. The van der Waals surface area contributed by atoms with Crippen molar-refractivity contribution in [3.05, 3.63) is 29.8 Å². The van der Waals surface area contributed by atoms with Gasteiger partial charge in [-0.3, -0.25) is 9.05 Å². The minimum atomic E-state index is -4.17. The summed E-state index contributed by atoms with van der Waals surface area (Å²) in [6, 6.07) is 2.80. The van der Waals surface area contributed by atoms with Crippen LogP contribution in [0, 0.1) is 12.7 Å². The number of halogens is 1. The Bertz CT molecular complexity index is 812. The molecule has 0 aliphatic carbocycles. The van der Waals surface area contributed by atoms with Gasteiger partial charge in [-0.1, -0.05) is 0 Å². The van der Waals surface area contributed by atoms with Gasteiger partial charge in [-0.25, -0.2) is 13.9 Å². The van der Waals surface area contributed by atoms with Gasteiger partial charge in [0.1, 0.15) is 18.7 Å². The van der Waals surface area contributed by atoms with Gasteiger partial charge in [-0.05, 0) is 45.4 Å². The van der Waals surface area contributed by atoms with Gasteiger partial charge in [-0.15, -0.1) is 0 Å². The van der Waals surface area contributed by atoms with Crippen molar-refractivity contribution in [2.24, 2.45) is 0 Å². The summed E-state index contributed by atoms with van der Waals surface area (Å²) in [5.74, 6) is -0.362. The zero-order valence-corrected chi connectivity index (χ0v) is 17.0. The first-order valence-corrected chi connectivity index (χ1v) is 10.0. The fourth-order valence-electron chi connectivity index (χ4n) is 2.50. The van der Waals surface area contributed by atoms with E-state index in [1.807, 2.05) is 13.8 Å². The molecule has 0 spiro atoms. The molecule has 0 radical (unpaired) electrons. The van der Waals surface area contributed by atoms with Crippen LogP contribution in [0.25, 0.3) is 11.0 Å². The van der Waals surface area contributed by atoms with Gasteiger partial charge in [0.05, 0.1) is 36.2 Å². The van der Waals surface area contributed by atoms with Gasteiger partial charge in [-0.2, -0.15) is 0 Å². The van der Waals surface area contributed by atoms with Crippen molar-refractivity contribution in [1.29, 1.82) is 0 Å². The number of ether oxygens (including phenoxy) is 2. The largest absolute Gasteiger partial charge is 0.472 e. The number of aromatic nitrogens is 2. The number of nitrogens with zero attached hydrogens (tertiary/aromatic N) is 2. The van der Waals surface area contributed by atoms with Crippen LogP contribution in [0.5, 0.6) is 0 Å². The van der Waals surface area contributed by atoms with E-state index in [9.17, 15) is 13.8 Å². The lowest BCUT2D eigenvalue weighted by atomic mass is 10.2. The zero-order chi connectivity index (χ0) is 20.2. The minimum Gasteiger partial charge on any atom is -0.376 e. The van der Waals surface area contributed by atoms with Gasteiger partial charge in [0.25, 0.3) is 0 Å². The summed E-state index contributed by atoms with van der Waals surface area (Å²) in [6.45, 7) is 7.28. The Kier molecular flexibility index (Phi) is 7.50. The number of hydrogen-bond acceptors (Lipinski definition) is 6. The van der Waals surface area contributed by atoms with E-state index in [0.29, 0.717) is 11.0 Å². The Morgan fingerprint density at radius 1 is 1.30 bits per heavy atom. The fourth-order valence-corrected chi connectivity index (χ4v) is 3.14. The average Bonchev–Trinajstić information content (AvgIpc) is 2.97. The van der Waals surface area contributed by atoms with Gasteiger partial charge in [0.15, 0.2) is 0 Å². The maximum Gasteiger partial charge on any atom is 0.472 e. The first-order valence-electron chi connectivity index (χ1n) is 8.54. The Morgan fingerprint density at radius 2 is 2.00 bits per heavy atom. The third-order valence-corrected chi connectivity index (χ3v) is 5.02. The van der Waals surface area contributed by atoms with Crippen LogP contribution in [0.15, 0.2) is 18.5 Å².